The highest BCUT2D eigenvalue weighted by atomic mass is 35.5. The molecule has 3 nitrogen and oxygen atoms in total. The normalized spacial score (nSPS) is 11.4. The van der Waals surface area contributed by atoms with Gasteiger partial charge in [-0.05, 0) is 36.2 Å². The minimum Gasteiger partial charge on any atom is -0.384 e. The van der Waals surface area contributed by atoms with Gasteiger partial charge in [0.05, 0.1) is 10.6 Å². The van der Waals surface area contributed by atoms with Crippen LogP contribution in [0.15, 0.2) is 47.4 Å². The molecule has 0 aliphatic rings. The summed E-state index contributed by atoms with van der Waals surface area (Å²) in [6.07, 6.45) is 1.87. The van der Waals surface area contributed by atoms with Crippen molar-refractivity contribution in [3.63, 3.8) is 0 Å². The Morgan fingerprint density at radius 3 is 2.48 bits per heavy atom. The zero-order valence-electron chi connectivity index (χ0n) is 11.4. The Labute approximate surface area is 134 Å². The summed E-state index contributed by atoms with van der Waals surface area (Å²) < 4.78 is 23.4. The number of para-hydroxylation sites is 1. The summed E-state index contributed by atoms with van der Waals surface area (Å²) in [5, 5.41) is 4.35. The van der Waals surface area contributed by atoms with Crippen LogP contribution in [-0.2, 0) is 16.3 Å². The van der Waals surface area contributed by atoms with Gasteiger partial charge < -0.3 is 5.32 Å². The lowest BCUT2D eigenvalue weighted by atomic mass is 10.1. The number of rotatable bonds is 5. The Hall–Kier alpha value is -1.23. The first-order valence-corrected chi connectivity index (χ1v) is 8.99. The van der Waals surface area contributed by atoms with Crippen molar-refractivity contribution in [3.05, 3.63) is 58.1 Å². The second-order valence-corrected chi connectivity index (χ2v) is 7.51. The van der Waals surface area contributed by atoms with E-state index in [2.05, 4.69) is 5.32 Å². The first kappa shape index (κ1) is 16.1. The fraction of sp³-hybridized carbons (Fsp3) is 0.200. The maximum Gasteiger partial charge on any atom is 0.177 e. The highest BCUT2D eigenvalue weighted by Gasteiger charge is 2.12. The lowest BCUT2D eigenvalue weighted by Gasteiger charge is -2.11. The van der Waals surface area contributed by atoms with Crippen LogP contribution in [0.25, 0.3) is 0 Å². The van der Waals surface area contributed by atoms with Crippen LogP contribution in [0.2, 0.25) is 10.0 Å². The summed E-state index contributed by atoms with van der Waals surface area (Å²) >= 11 is 12.0. The van der Waals surface area contributed by atoms with Crippen molar-refractivity contribution in [2.75, 3.05) is 18.1 Å². The third kappa shape index (κ3) is 4.37. The number of sulfone groups is 1. The van der Waals surface area contributed by atoms with Gasteiger partial charge in [-0.15, -0.1) is 0 Å². The van der Waals surface area contributed by atoms with Crippen LogP contribution in [0, 0.1) is 0 Å². The van der Waals surface area contributed by atoms with Crippen LogP contribution < -0.4 is 5.32 Å². The standard InChI is InChI=1S/C15H15Cl2NO2S/c1-21(19,20)15-5-3-2-4-14(15)18-9-8-11-6-7-12(16)10-13(11)17/h2-7,10,18H,8-9H2,1H3. The molecule has 0 aromatic heterocycles. The van der Waals surface area contributed by atoms with Gasteiger partial charge >= 0.3 is 0 Å². The molecule has 0 spiro atoms. The van der Waals surface area contributed by atoms with Gasteiger partial charge in [0.1, 0.15) is 0 Å². The molecule has 2 aromatic rings. The van der Waals surface area contributed by atoms with E-state index < -0.39 is 9.84 Å². The molecule has 0 bridgehead atoms. The fourth-order valence-electron chi connectivity index (χ4n) is 1.99. The van der Waals surface area contributed by atoms with E-state index in [-0.39, 0.29) is 0 Å². The number of hydrogen-bond donors (Lipinski definition) is 1. The molecule has 6 heteroatoms. The van der Waals surface area contributed by atoms with Gasteiger partial charge in [-0.2, -0.15) is 0 Å². The maximum absolute atomic E-state index is 11.7. The summed E-state index contributed by atoms with van der Waals surface area (Å²) in [6.45, 7) is 0.577. The molecule has 0 heterocycles. The van der Waals surface area contributed by atoms with E-state index in [9.17, 15) is 8.42 Å². The maximum atomic E-state index is 11.7. The van der Waals surface area contributed by atoms with E-state index in [4.69, 9.17) is 23.2 Å². The molecule has 0 amide bonds. The van der Waals surface area contributed by atoms with E-state index >= 15 is 0 Å². The SMILES string of the molecule is CS(=O)(=O)c1ccccc1NCCc1ccc(Cl)cc1Cl. The van der Waals surface area contributed by atoms with E-state index in [1.54, 1.807) is 36.4 Å². The summed E-state index contributed by atoms with van der Waals surface area (Å²) in [6, 6.07) is 12.2. The molecule has 0 saturated carbocycles. The molecule has 0 saturated heterocycles. The van der Waals surface area contributed by atoms with Gasteiger partial charge in [0, 0.05) is 22.8 Å². The second-order valence-electron chi connectivity index (χ2n) is 4.68. The zero-order valence-corrected chi connectivity index (χ0v) is 13.8. The number of halogens is 2. The molecule has 0 radical (unpaired) electrons. The molecule has 2 rings (SSSR count). The van der Waals surface area contributed by atoms with Gasteiger partial charge in [0.25, 0.3) is 0 Å². The third-order valence-electron chi connectivity index (χ3n) is 3.01. The second kappa shape index (κ2) is 6.69. The van der Waals surface area contributed by atoms with Crippen molar-refractivity contribution in [2.45, 2.75) is 11.3 Å². The van der Waals surface area contributed by atoms with Gasteiger partial charge in [0.2, 0.25) is 0 Å². The number of benzene rings is 2. The zero-order chi connectivity index (χ0) is 15.5. The van der Waals surface area contributed by atoms with E-state index in [0.717, 1.165) is 5.56 Å². The molecule has 0 aliphatic heterocycles. The Kier molecular flexibility index (Phi) is 5.14. The third-order valence-corrected chi connectivity index (χ3v) is 4.75. The van der Waals surface area contributed by atoms with Gasteiger partial charge in [-0.25, -0.2) is 8.42 Å². The van der Waals surface area contributed by atoms with Crippen LogP contribution in [-0.4, -0.2) is 21.2 Å². The largest absolute Gasteiger partial charge is 0.384 e. The van der Waals surface area contributed by atoms with Crippen molar-refractivity contribution in [1.82, 2.24) is 0 Å². The molecule has 112 valence electrons. The topological polar surface area (TPSA) is 46.2 Å². The summed E-state index contributed by atoms with van der Waals surface area (Å²) in [4.78, 5) is 0.298. The molecule has 0 fully saturated rings. The van der Waals surface area contributed by atoms with E-state index in [0.29, 0.717) is 33.6 Å². The van der Waals surface area contributed by atoms with Crippen LogP contribution >= 0.6 is 23.2 Å². The van der Waals surface area contributed by atoms with Crippen LogP contribution in [0.1, 0.15) is 5.56 Å². The summed E-state index contributed by atoms with van der Waals surface area (Å²) in [5.74, 6) is 0. The fourth-order valence-corrected chi connectivity index (χ4v) is 3.36. The van der Waals surface area contributed by atoms with Gasteiger partial charge in [0.15, 0.2) is 9.84 Å². The average molecular weight is 344 g/mol. The minimum absolute atomic E-state index is 0.298. The monoisotopic (exact) mass is 343 g/mol. The first-order valence-electron chi connectivity index (χ1n) is 6.35. The predicted octanol–water partition coefficient (Wildman–Crippen LogP) is 4.05. The van der Waals surface area contributed by atoms with E-state index in [1.807, 2.05) is 6.07 Å². The highest BCUT2D eigenvalue weighted by molar-refractivity contribution is 7.90. The number of nitrogens with one attached hydrogen (secondary N) is 1. The van der Waals surface area contributed by atoms with Crippen LogP contribution in [0.5, 0.6) is 0 Å². The summed E-state index contributed by atoms with van der Waals surface area (Å²) in [7, 11) is -3.25. The lowest BCUT2D eigenvalue weighted by molar-refractivity contribution is 0.602. The highest BCUT2D eigenvalue weighted by Crippen LogP contribution is 2.23. The number of anilines is 1. The molecule has 1 N–H and O–H groups in total. The van der Waals surface area contributed by atoms with Crippen LogP contribution in [0.3, 0.4) is 0 Å². The molecular formula is C15H15Cl2NO2S. The van der Waals surface area contributed by atoms with Crippen LogP contribution in [0.4, 0.5) is 5.69 Å². The van der Waals surface area contributed by atoms with E-state index in [1.165, 1.54) is 6.26 Å². The van der Waals surface area contributed by atoms with Crippen molar-refractivity contribution in [1.29, 1.82) is 0 Å². The summed E-state index contributed by atoms with van der Waals surface area (Å²) in [5.41, 5.74) is 1.57. The molecule has 0 atom stereocenters. The molecule has 21 heavy (non-hydrogen) atoms. The Bertz CT molecular complexity index is 745. The molecule has 0 unspecified atom stereocenters. The minimum atomic E-state index is -3.25. The lowest BCUT2D eigenvalue weighted by Crippen LogP contribution is -2.09. The van der Waals surface area contributed by atoms with Gasteiger partial charge in [-0.3, -0.25) is 0 Å². The van der Waals surface area contributed by atoms with Crippen molar-refractivity contribution >= 4 is 38.7 Å². The Balaban J connectivity index is 2.08. The molecule has 2 aromatic carbocycles. The molecular weight excluding hydrogens is 329 g/mol. The predicted molar refractivity (Wildman–Crippen MR) is 88.2 cm³/mol. The van der Waals surface area contributed by atoms with Crippen molar-refractivity contribution < 1.29 is 8.42 Å². The van der Waals surface area contributed by atoms with Crippen molar-refractivity contribution in [2.24, 2.45) is 0 Å². The molecule has 0 aliphatic carbocycles. The average Bonchev–Trinajstić information content (AvgIpc) is 2.41. The van der Waals surface area contributed by atoms with Gasteiger partial charge in [-0.1, -0.05) is 41.4 Å². The Morgan fingerprint density at radius 2 is 1.81 bits per heavy atom. The Morgan fingerprint density at radius 1 is 1.10 bits per heavy atom. The number of hydrogen-bond acceptors (Lipinski definition) is 3. The first-order chi connectivity index (χ1) is 9.88. The smallest absolute Gasteiger partial charge is 0.177 e. The quantitative estimate of drug-likeness (QED) is 0.890. The van der Waals surface area contributed by atoms with Crippen molar-refractivity contribution in [3.8, 4) is 0 Å².